The molecule has 0 saturated heterocycles. The Bertz CT molecular complexity index is 303. The first-order valence-corrected chi connectivity index (χ1v) is 6.12. The molecule has 1 atom stereocenters. The molecular formula is C8H15NO4S. The first-order chi connectivity index (χ1) is 6.51. The van der Waals surface area contributed by atoms with E-state index < -0.39 is 21.9 Å². The Labute approximate surface area is 83.6 Å². The third kappa shape index (κ3) is 4.08. The lowest BCUT2D eigenvalue weighted by Gasteiger charge is -2.19. The summed E-state index contributed by atoms with van der Waals surface area (Å²) in [6, 6.07) is -0.627. The van der Waals surface area contributed by atoms with Crippen LogP contribution >= 0.6 is 0 Å². The molecule has 0 heterocycles. The van der Waals surface area contributed by atoms with Gasteiger partial charge in [0.15, 0.2) is 0 Å². The summed E-state index contributed by atoms with van der Waals surface area (Å²) in [5.74, 6) is -0.465. The van der Waals surface area contributed by atoms with Gasteiger partial charge in [-0.1, -0.05) is 5.57 Å². The number of allylic oxidation sites excluding steroid dienone is 1. The first kappa shape index (κ1) is 11.5. The topological polar surface area (TPSA) is 86.6 Å². The number of aliphatic hydroxyl groups excluding tert-OH is 1. The van der Waals surface area contributed by atoms with Crippen molar-refractivity contribution in [3.05, 3.63) is 11.8 Å². The largest absolute Gasteiger partial charge is 0.394 e. The number of nitrogens with one attached hydrogen (secondary N) is 1. The van der Waals surface area contributed by atoms with E-state index in [0.29, 0.717) is 0 Å². The van der Waals surface area contributed by atoms with Crippen LogP contribution in [0.2, 0.25) is 0 Å². The molecule has 6 heteroatoms. The van der Waals surface area contributed by atoms with E-state index in [1.54, 1.807) is 6.20 Å². The molecule has 3 N–H and O–H groups in total. The molecule has 0 aromatic carbocycles. The van der Waals surface area contributed by atoms with Gasteiger partial charge in [-0.25, -0.2) is 0 Å². The second-order valence-corrected chi connectivity index (χ2v) is 4.95. The van der Waals surface area contributed by atoms with Gasteiger partial charge in [0.25, 0.3) is 10.1 Å². The van der Waals surface area contributed by atoms with Gasteiger partial charge < -0.3 is 10.4 Å². The van der Waals surface area contributed by atoms with Crippen LogP contribution in [0, 0.1) is 0 Å². The van der Waals surface area contributed by atoms with Crippen LogP contribution in [0.25, 0.3) is 0 Å². The van der Waals surface area contributed by atoms with Crippen LogP contribution in [0.1, 0.15) is 19.3 Å². The van der Waals surface area contributed by atoms with Gasteiger partial charge in [-0.2, -0.15) is 8.42 Å². The van der Waals surface area contributed by atoms with E-state index in [1.165, 1.54) is 5.57 Å². The summed E-state index contributed by atoms with van der Waals surface area (Å²) in [5, 5.41) is 11.6. The van der Waals surface area contributed by atoms with Gasteiger partial charge in [0.05, 0.1) is 18.4 Å². The monoisotopic (exact) mass is 221 g/mol. The zero-order valence-electron chi connectivity index (χ0n) is 7.81. The maximum Gasteiger partial charge on any atom is 0.266 e. The maximum absolute atomic E-state index is 10.5. The Hall–Kier alpha value is -0.590. The first-order valence-electron chi connectivity index (χ1n) is 4.51. The lowest BCUT2D eigenvalue weighted by molar-refractivity contribution is 0.259. The Morgan fingerprint density at radius 2 is 2.14 bits per heavy atom. The molecule has 0 aliphatic heterocycles. The summed E-state index contributed by atoms with van der Waals surface area (Å²) in [5.41, 5.74) is 1.22. The van der Waals surface area contributed by atoms with Gasteiger partial charge in [0.2, 0.25) is 0 Å². The van der Waals surface area contributed by atoms with Gasteiger partial charge in [0.1, 0.15) is 0 Å². The minimum absolute atomic E-state index is 0.316. The normalized spacial score (nSPS) is 18.6. The standard InChI is InChI=1S/C8H15NO4S/c10-5-8(6-14(11,12)13)9-4-7-2-1-3-7/h4,8-10H,1-3,5-6H2,(H,11,12,13). The van der Waals surface area contributed by atoms with Gasteiger partial charge in [-0.3, -0.25) is 4.55 Å². The van der Waals surface area contributed by atoms with E-state index in [0.717, 1.165) is 19.3 Å². The van der Waals surface area contributed by atoms with Crippen molar-refractivity contribution < 1.29 is 18.1 Å². The highest BCUT2D eigenvalue weighted by Gasteiger charge is 2.15. The second-order valence-electron chi connectivity index (χ2n) is 3.45. The van der Waals surface area contributed by atoms with Crippen molar-refractivity contribution in [1.82, 2.24) is 5.32 Å². The number of hydrogen-bond donors (Lipinski definition) is 3. The van der Waals surface area contributed by atoms with E-state index in [1.807, 2.05) is 0 Å². The zero-order valence-corrected chi connectivity index (χ0v) is 8.63. The van der Waals surface area contributed by atoms with Gasteiger partial charge in [0, 0.05) is 0 Å². The molecular weight excluding hydrogens is 206 g/mol. The SMILES string of the molecule is O=S(=O)(O)CC(CO)NC=C1CCC1. The Morgan fingerprint density at radius 3 is 2.50 bits per heavy atom. The molecule has 0 spiro atoms. The van der Waals surface area contributed by atoms with Crippen molar-refractivity contribution in [2.45, 2.75) is 25.3 Å². The Morgan fingerprint density at radius 1 is 1.50 bits per heavy atom. The predicted molar refractivity (Wildman–Crippen MR) is 52.4 cm³/mol. The van der Waals surface area contributed by atoms with E-state index in [-0.39, 0.29) is 6.61 Å². The van der Waals surface area contributed by atoms with Crippen LogP contribution in [0.5, 0.6) is 0 Å². The fourth-order valence-corrected chi connectivity index (χ4v) is 1.88. The lowest BCUT2D eigenvalue weighted by Crippen LogP contribution is -2.35. The molecule has 5 nitrogen and oxygen atoms in total. The quantitative estimate of drug-likeness (QED) is 0.564. The molecule has 0 amide bonds. The summed E-state index contributed by atoms with van der Waals surface area (Å²) >= 11 is 0. The maximum atomic E-state index is 10.5. The number of rotatable bonds is 5. The molecule has 1 unspecified atom stereocenters. The van der Waals surface area contributed by atoms with Crippen LogP contribution in [0.4, 0.5) is 0 Å². The van der Waals surface area contributed by atoms with E-state index in [2.05, 4.69) is 5.32 Å². The molecule has 0 aromatic heterocycles. The third-order valence-electron chi connectivity index (χ3n) is 2.15. The fraction of sp³-hybridized carbons (Fsp3) is 0.750. The highest BCUT2D eigenvalue weighted by molar-refractivity contribution is 7.85. The Kier molecular flexibility index (Phi) is 3.91. The molecule has 0 bridgehead atoms. The molecule has 1 aliphatic carbocycles. The number of hydrogen-bond acceptors (Lipinski definition) is 4. The van der Waals surface area contributed by atoms with Crippen LogP contribution in [0.3, 0.4) is 0 Å². The van der Waals surface area contributed by atoms with Crippen molar-refractivity contribution in [3.8, 4) is 0 Å². The molecule has 1 aliphatic rings. The smallest absolute Gasteiger partial charge is 0.266 e. The molecule has 0 radical (unpaired) electrons. The second kappa shape index (κ2) is 4.77. The van der Waals surface area contributed by atoms with Gasteiger partial charge in [-0.05, 0) is 25.5 Å². The highest BCUT2D eigenvalue weighted by Crippen LogP contribution is 2.24. The van der Waals surface area contributed by atoms with E-state index in [9.17, 15) is 8.42 Å². The van der Waals surface area contributed by atoms with Crippen molar-refractivity contribution >= 4 is 10.1 Å². The minimum Gasteiger partial charge on any atom is -0.394 e. The third-order valence-corrected chi connectivity index (χ3v) is 2.97. The number of aliphatic hydroxyl groups is 1. The van der Waals surface area contributed by atoms with Gasteiger partial charge >= 0.3 is 0 Å². The van der Waals surface area contributed by atoms with Crippen LogP contribution < -0.4 is 5.32 Å². The van der Waals surface area contributed by atoms with Crippen molar-refractivity contribution in [3.63, 3.8) is 0 Å². The van der Waals surface area contributed by atoms with E-state index >= 15 is 0 Å². The van der Waals surface area contributed by atoms with Crippen molar-refractivity contribution in [2.24, 2.45) is 0 Å². The summed E-state index contributed by atoms with van der Waals surface area (Å²) < 4.78 is 29.6. The lowest BCUT2D eigenvalue weighted by atomic mass is 9.93. The van der Waals surface area contributed by atoms with Crippen LogP contribution in [-0.2, 0) is 10.1 Å². The molecule has 82 valence electrons. The summed E-state index contributed by atoms with van der Waals surface area (Å²) in [6.07, 6.45) is 4.94. The van der Waals surface area contributed by atoms with Crippen LogP contribution in [0.15, 0.2) is 11.8 Å². The molecule has 14 heavy (non-hydrogen) atoms. The average molecular weight is 221 g/mol. The van der Waals surface area contributed by atoms with Crippen molar-refractivity contribution in [2.75, 3.05) is 12.4 Å². The molecule has 0 aromatic rings. The van der Waals surface area contributed by atoms with Crippen LogP contribution in [-0.4, -0.2) is 36.5 Å². The summed E-state index contributed by atoms with van der Waals surface area (Å²) in [7, 11) is -4.02. The average Bonchev–Trinajstić information content (AvgIpc) is 1.97. The minimum atomic E-state index is -4.02. The molecule has 1 fully saturated rings. The van der Waals surface area contributed by atoms with Crippen molar-refractivity contribution in [1.29, 1.82) is 0 Å². The Balaban J connectivity index is 2.38. The van der Waals surface area contributed by atoms with E-state index in [4.69, 9.17) is 9.66 Å². The summed E-state index contributed by atoms with van der Waals surface area (Å²) in [6.45, 7) is -0.316. The summed E-state index contributed by atoms with van der Waals surface area (Å²) in [4.78, 5) is 0. The fourth-order valence-electron chi connectivity index (χ4n) is 1.17. The molecule has 1 rings (SSSR count). The molecule has 1 saturated carbocycles. The highest BCUT2D eigenvalue weighted by atomic mass is 32.2. The zero-order chi connectivity index (χ0) is 10.6. The predicted octanol–water partition coefficient (Wildman–Crippen LogP) is -0.108. The van der Waals surface area contributed by atoms with Gasteiger partial charge in [-0.15, -0.1) is 0 Å².